The SMILES string of the molecule is O=C(C1CC1)N1CCCCc2cc(C(O)(C(F)(F)F)C(F)(F)F)ccc21. The number of rotatable bonds is 2. The average Bonchev–Trinajstić information content (AvgIpc) is 3.37. The predicted molar refractivity (Wildman–Crippen MR) is 80.5 cm³/mol. The van der Waals surface area contributed by atoms with Crippen LogP contribution in [-0.4, -0.2) is 29.9 Å². The van der Waals surface area contributed by atoms with E-state index in [9.17, 15) is 36.2 Å². The minimum absolute atomic E-state index is 0.122. The zero-order valence-electron chi connectivity index (χ0n) is 13.6. The number of alkyl halides is 6. The lowest BCUT2D eigenvalue weighted by Gasteiger charge is -2.33. The summed E-state index contributed by atoms with van der Waals surface area (Å²) in [6, 6.07) is 2.42. The molecule has 0 bridgehead atoms. The summed E-state index contributed by atoms with van der Waals surface area (Å²) in [5.74, 6) is -0.272. The van der Waals surface area contributed by atoms with Gasteiger partial charge >= 0.3 is 12.4 Å². The van der Waals surface area contributed by atoms with E-state index in [4.69, 9.17) is 0 Å². The number of carbonyl (C=O) groups is 1. The molecule has 9 heteroatoms. The minimum atomic E-state index is -5.92. The van der Waals surface area contributed by atoms with E-state index >= 15 is 0 Å². The first-order valence-corrected chi connectivity index (χ1v) is 8.27. The van der Waals surface area contributed by atoms with Crippen LogP contribution < -0.4 is 4.90 Å². The molecule has 2 aliphatic rings. The van der Waals surface area contributed by atoms with E-state index in [1.165, 1.54) is 4.90 Å². The van der Waals surface area contributed by atoms with Gasteiger partial charge in [0, 0.05) is 23.7 Å². The van der Waals surface area contributed by atoms with E-state index in [-0.39, 0.29) is 23.8 Å². The van der Waals surface area contributed by atoms with Crippen LogP contribution in [0, 0.1) is 5.92 Å². The second-order valence-electron chi connectivity index (χ2n) is 6.77. The molecule has 0 unspecified atom stereocenters. The van der Waals surface area contributed by atoms with Crippen LogP contribution in [0.1, 0.15) is 36.8 Å². The van der Waals surface area contributed by atoms with Gasteiger partial charge in [-0.1, -0.05) is 12.1 Å². The van der Waals surface area contributed by atoms with Crippen molar-refractivity contribution in [2.45, 2.75) is 50.1 Å². The van der Waals surface area contributed by atoms with Gasteiger partial charge in [-0.2, -0.15) is 26.3 Å². The first kappa shape index (κ1) is 19.0. The van der Waals surface area contributed by atoms with Crippen LogP contribution in [-0.2, 0) is 16.8 Å². The second kappa shape index (κ2) is 6.14. The molecule has 0 aromatic heterocycles. The standard InChI is InChI=1S/C17H17F6NO2/c18-16(19,20)15(26,17(21,22)23)12-6-7-13-11(9-12)3-1-2-8-24(13)14(25)10-4-5-10/h6-7,9-10,26H,1-5,8H2. The highest BCUT2D eigenvalue weighted by molar-refractivity contribution is 5.97. The van der Waals surface area contributed by atoms with Crippen LogP contribution in [0.5, 0.6) is 0 Å². The Balaban J connectivity index is 2.07. The zero-order chi connectivity index (χ0) is 19.3. The zero-order valence-corrected chi connectivity index (χ0v) is 13.6. The van der Waals surface area contributed by atoms with E-state index in [0.717, 1.165) is 25.0 Å². The van der Waals surface area contributed by atoms with Gasteiger partial charge in [-0.05, 0) is 43.7 Å². The number of aryl methyl sites for hydroxylation is 1. The maximum atomic E-state index is 13.1. The second-order valence-corrected chi connectivity index (χ2v) is 6.77. The number of fused-ring (bicyclic) bond motifs is 1. The fourth-order valence-corrected chi connectivity index (χ4v) is 3.25. The quantitative estimate of drug-likeness (QED) is 0.785. The smallest absolute Gasteiger partial charge is 0.369 e. The Hall–Kier alpha value is -1.77. The number of carbonyl (C=O) groups excluding carboxylic acids is 1. The number of hydrogen-bond donors (Lipinski definition) is 1. The van der Waals surface area contributed by atoms with Gasteiger partial charge in [0.1, 0.15) is 0 Å². The summed E-state index contributed by atoms with van der Waals surface area (Å²) in [6.07, 6.45) is -8.99. The van der Waals surface area contributed by atoms with Gasteiger partial charge in [-0.3, -0.25) is 4.79 Å². The van der Waals surface area contributed by atoms with Crippen molar-refractivity contribution < 1.29 is 36.2 Å². The molecule has 1 fully saturated rings. The monoisotopic (exact) mass is 381 g/mol. The molecule has 144 valence electrons. The molecule has 1 heterocycles. The number of amides is 1. The fourth-order valence-electron chi connectivity index (χ4n) is 3.25. The molecule has 1 saturated carbocycles. The third kappa shape index (κ3) is 3.06. The van der Waals surface area contributed by atoms with Crippen LogP contribution in [0.3, 0.4) is 0 Å². The van der Waals surface area contributed by atoms with Crippen molar-refractivity contribution in [2.75, 3.05) is 11.4 Å². The highest BCUT2D eigenvalue weighted by atomic mass is 19.4. The van der Waals surface area contributed by atoms with Gasteiger partial charge in [0.2, 0.25) is 5.91 Å². The van der Waals surface area contributed by atoms with Crippen LogP contribution in [0.2, 0.25) is 0 Å². The average molecular weight is 381 g/mol. The lowest BCUT2D eigenvalue weighted by Crippen LogP contribution is -2.54. The Labute approximate surface area is 145 Å². The van der Waals surface area contributed by atoms with Gasteiger partial charge in [0.25, 0.3) is 5.60 Å². The van der Waals surface area contributed by atoms with Crippen molar-refractivity contribution in [3.05, 3.63) is 29.3 Å². The van der Waals surface area contributed by atoms with Gasteiger partial charge in [0.15, 0.2) is 0 Å². The Bertz CT molecular complexity index is 694. The van der Waals surface area contributed by atoms with Crippen molar-refractivity contribution in [1.29, 1.82) is 0 Å². The lowest BCUT2D eigenvalue weighted by molar-refractivity contribution is -0.376. The Kier molecular flexibility index (Phi) is 4.49. The molecule has 1 aliphatic heterocycles. The van der Waals surface area contributed by atoms with Crippen LogP contribution >= 0.6 is 0 Å². The van der Waals surface area contributed by atoms with Gasteiger partial charge in [-0.25, -0.2) is 0 Å². The number of halogens is 6. The van der Waals surface area contributed by atoms with Crippen molar-refractivity contribution in [1.82, 2.24) is 0 Å². The van der Waals surface area contributed by atoms with E-state index < -0.39 is 23.5 Å². The van der Waals surface area contributed by atoms with E-state index in [0.29, 0.717) is 31.1 Å². The molecular weight excluding hydrogens is 364 g/mol. The first-order chi connectivity index (χ1) is 12.0. The maximum absolute atomic E-state index is 13.1. The Morgan fingerprint density at radius 2 is 1.65 bits per heavy atom. The van der Waals surface area contributed by atoms with Crippen molar-refractivity contribution in [3.63, 3.8) is 0 Å². The van der Waals surface area contributed by atoms with Gasteiger partial charge < -0.3 is 10.0 Å². The molecule has 0 spiro atoms. The lowest BCUT2D eigenvalue weighted by atomic mass is 9.89. The number of hydrogen-bond acceptors (Lipinski definition) is 2. The van der Waals surface area contributed by atoms with E-state index in [1.54, 1.807) is 0 Å². The molecule has 1 aromatic rings. The summed E-state index contributed by atoms with van der Waals surface area (Å²) in [4.78, 5) is 13.8. The van der Waals surface area contributed by atoms with Gasteiger partial charge in [-0.15, -0.1) is 0 Å². The number of anilines is 1. The molecule has 0 radical (unpaired) electrons. The molecule has 0 saturated heterocycles. The summed E-state index contributed by atoms with van der Waals surface area (Å²) >= 11 is 0. The Morgan fingerprint density at radius 1 is 1.04 bits per heavy atom. The van der Waals surface area contributed by atoms with Crippen LogP contribution in [0.15, 0.2) is 18.2 Å². The summed E-state index contributed by atoms with van der Waals surface area (Å²) in [6.45, 7) is 0.379. The van der Waals surface area contributed by atoms with Crippen molar-refractivity contribution >= 4 is 11.6 Å². The summed E-state index contributed by atoms with van der Waals surface area (Å²) in [7, 11) is 0. The highest BCUT2D eigenvalue weighted by Gasteiger charge is 2.71. The van der Waals surface area contributed by atoms with E-state index in [1.807, 2.05) is 0 Å². The maximum Gasteiger partial charge on any atom is 0.430 e. The Morgan fingerprint density at radius 3 is 2.19 bits per heavy atom. The summed E-state index contributed by atoms with van der Waals surface area (Å²) in [5.41, 5.74) is -5.69. The van der Waals surface area contributed by atoms with Crippen molar-refractivity contribution in [3.8, 4) is 0 Å². The van der Waals surface area contributed by atoms with Gasteiger partial charge in [0.05, 0.1) is 0 Å². The molecule has 26 heavy (non-hydrogen) atoms. The topological polar surface area (TPSA) is 40.5 Å². The summed E-state index contributed by atoms with van der Waals surface area (Å²) < 4.78 is 78.5. The summed E-state index contributed by atoms with van der Waals surface area (Å²) in [5, 5.41) is 9.57. The fraction of sp³-hybridized carbons (Fsp3) is 0.588. The van der Waals surface area contributed by atoms with Crippen LogP contribution in [0.4, 0.5) is 32.0 Å². The van der Waals surface area contributed by atoms with Crippen molar-refractivity contribution in [2.24, 2.45) is 5.92 Å². The molecule has 3 nitrogen and oxygen atoms in total. The molecule has 1 aliphatic carbocycles. The van der Waals surface area contributed by atoms with E-state index in [2.05, 4.69) is 0 Å². The largest absolute Gasteiger partial charge is 0.430 e. The molecule has 1 N–H and O–H groups in total. The number of benzene rings is 1. The third-order valence-electron chi connectivity index (χ3n) is 4.88. The molecule has 3 rings (SSSR count). The molecular formula is C17H17F6NO2. The number of aliphatic hydroxyl groups is 1. The third-order valence-corrected chi connectivity index (χ3v) is 4.88. The number of nitrogens with zero attached hydrogens (tertiary/aromatic N) is 1. The molecule has 1 aromatic carbocycles. The predicted octanol–water partition coefficient (Wildman–Crippen LogP) is 4.08. The minimum Gasteiger partial charge on any atom is -0.369 e. The first-order valence-electron chi connectivity index (χ1n) is 8.27. The molecule has 0 atom stereocenters. The normalized spacial score (nSPS) is 19.1. The van der Waals surface area contributed by atoms with Crippen LogP contribution in [0.25, 0.3) is 0 Å². The molecule has 1 amide bonds. The highest BCUT2D eigenvalue weighted by Crippen LogP contribution is 2.50.